The first-order valence-corrected chi connectivity index (χ1v) is 9.15. The van der Waals surface area contributed by atoms with E-state index in [1.807, 2.05) is 31.2 Å². The number of carbonyl (C=O) groups excluding carboxylic acids is 2. The predicted molar refractivity (Wildman–Crippen MR) is 101 cm³/mol. The molecule has 0 atom stereocenters. The molecule has 1 N–H and O–H groups in total. The van der Waals surface area contributed by atoms with Gasteiger partial charge in [-0.25, -0.2) is 4.79 Å². The van der Waals surface area contributed by atoms with Crippen molar-refractivity contribution in [2.24, 2.45) is 0 Å². The van der Waals surface area contributed by atoms with Gasteiger partial charge >= 0.3 is 5.97 Å². The molecular formula is C20H18N2O3S. The number of aryl methyl sites for hydroxylation is 2. The van der Waals surface area contributed by atoms with E-state index in [1.165, 1.54) is 17.4 Å². The third kappa shape index (κ3) is 4.01. The number of nitriles is 1. The summed E-state index contributed by atoms with van der Waals surface area (Å²) in [6, 6.07) is 9.82. The highest BCUT2D eigenvalue weighted by Crippen LogP contribution is 2.38. The van der Waals surface area contributed by atoms with Crippen molar-refractivity contribution in [2.45, 2.75) is 26.2 Å². The molecule has 132 valence electrons. The summed E-state index contributed by atoms with van der Waals surface area (Å²) in [6.45, 7) is 1.56. The number of carbonyl (C=O) groups is 2. The number of nitrogens with one attached hydrogen (secondary N) is 1. The molecule has 0 unspecified atom stereocenters. The van der Waals surface area contributed by atoms with Crippen LogP contribution in [0.15, 0.2) is 30.3 Å². The minimum absolute atomic E-state index is 0.385. The summed E-state index contributed by atoms with van der Waals surface area (Å²) in [5.41, 5.74) is 3.55. The predicted octanol–water partition coefficient (Wildman–Crippen LogP) is 3.61. The molecule has 0 radical (unpaired) electrons. The van der Waals surface area contributed by atoms with E-state index >= 15 is 0 Å². The Morgan fingerprint density at radius 2 is 2.15 bits per heavy atom. The van der Waals surface area contributed by atoms with Crippen LogP contribution in [0.5, 0.6) is 0 Å². The van der Waals surface area contributed by atoms with Crippen molar-refractivity contribution in [3.05, 3.63) is 57.5 Å². The van der Waals surface area contributed by atoms with Crippen LogP contribution in [0.2, 0.25) is 0 Å². The molecule has 1 aliphatic rings. The Morgan fingerprint density at radius 3 is 2.92 bits per heavy atom. The summed E-state index contributed by atoms with van der Waals surface area (Å²) < 4.78 is 4.97. The fraction of sp³-hybridized carbons (Fsp3) is 0.250. The zero-order chi connectivity index (χ0) is 18.5. The number of ether oxygens (including phenoxy) is 1. The van der Waals surface area contributed by atoms with Crippen molar-refractivity contribution in [1.82, 2.24) is 0 Å². The Labute approximate surface area is 155 Å². The summed E-state index contributed by atoms with van der Waals surface area (Å²) in [4.78, 5) is 25.0. The largest absolute Gasteiger partial charge is 0.452 e. The van der Waals surface area contributed by atoms with Crippen LogP contribution in [0.3, 0.4) is 0 Å². The normalized spacial score (nSPS) is 12.6. The first-order chi connectivity index (χ1) is 12.6. The molecule has 5 nitrogen and oxygen atoms in total. The maximum Gasteiger partial charge on any atom is 0.331 e. The van der Waals surface area contributed by atoms with Gasteiger partial charge in [0.2, 0.25) is 0 Å². The lowest BCUT2D eigenvalue weighted by Gasteiger charge is -2.04. The highest BCUT2D eigenvalue weighted by Gasteiger charge is 2.23. The molecule has 1 amide bonds. The Balaban J connectivity index is 1.54. The number of fused-ring (bicyclic) bond motifs is 1. The van der Waals surface area contributed by atoms with E-state index in [0.29, 0.717) is 10.6 Å². The van der Waals surface area contributed by atoms with Gasteiger partial charge in [-0.3, -0.25) is 4.79 Å². The Bertz CT molecular complexity index is 922. The summed E-state index contributed by atoms with van der Waals surface area (Å²) in [7, 11) is 0. The second kappa shape index (κ2) is 7.98. The Hall–Kier alpha value is -2.91. The van der Waals surface area contributed by atoms with Crippen molar-refractivity contribution < 1.29 is 14.3 Å². The van der Waals surface area contributed by atoms with Crippen LogP contribution in [0, 0.1) is 18.3 Å². The van der Waals surface area contributed by atoms with Gasteiger partial charge in [0.25, 0.3) is 5.91 Å². The number of rotatable bonds is 5. The van der Waals surface area contributed by atoms with Gasteiger partial charge in [0.05, 0.1) is 5.56 Å². The van der Waals surface area contributed by atoms with Gasteiger partial charge in [-0.2, -0.15) is 5.26 Å². The van der Waals surface area contributed by atoms with Gasteiger partial charge in [0.15, 0.2) is 6.61 Å². The van der Waals surface area contributed by atoms with Gasteiger partial charge in [-0.1, -0.05) is 24.3 Å². The molecular weight excluding hydrogens is 348 g/mol. The molecule has 2 aromatic rings. The molecule has 1 aromatic carbocycles. The van der Waals surface area contributed by atoms with Crippen LogP contribution in [0.4, 0.5) is 5.00 Å². The van der Waals surface area contributed by atoms with Crippen molar-refractivity contribution in [2.75, 3.05) is 11.9 Å². The third-order valence-corrected chi connectivity index (χ3v) is 5.43. The Morgan fingerprint density at radius 1 is 1.35 bits per heavy atom. The first kappa shape index (κ1) is 17.9. The fourth-order valence-corrected chi connectivity index (χ4v) is 4.15. The average Bonchev–Trinajstić information content (AvgIpc) is 3.19. The lowest BCUT2D eigenvalue weighted by Crippen LogP contribution is -2.20. The van der Waals surface area contributed by atoms with E-state index in [4.69, 9.17) is 4.74 Å². The molecule has 0 saturated heterocycles. The SMILES string of the molecule is Cc1ccccc1/C=C/C(=O)OCC(=O)Nc1sc2c(c1C#N)CCC2. The highest BCUT2D eigenvalue weighted by molar-refractivity contribution is 7.16. The van der Waals surface area contributed by atoms with E-state index in [2.05, 4.69) is 11.4 Å². The van der Waals surface area contributed by atoms with Crippen LogP contribution in [0.1, 0.15) is 33.6 Å². The molecule has 0 saturated carbocycles. The number of esters is 1. The van der Waals surface area contributed by atoms with Gasteiger partial charge in [0, 0.05) is 11.0 Å². The van der Waals surface area contributed by atoms with Crippen LogP contribution >= 0.6 is 11.3 Å². The maximum atomic E-state index is 12.0. The second-order valence-corrected chi connectivity index (χ2v) is 7.12. The fourth-order valence-electron chi connectivity index (χ4n) is 2.89. The van der Waals surface area contributed by atoms with Gasteiger partial charge < -0.3 is 10.1 Å². The van der Waals surface area contributed by atoms with E-state index in [1.54, 1.807) is 6.08 Å². The zero-order valence-corrected chi connectivity index (χ0v) is 15.2. The summed E-state index contributed by atoms with van der Waals surface area (Å²) in [5, 5.41) is 12.5. The zero-order valence-electron chi connectivity index (χ0n) is 14.4. The molecule has 6 heteroatoms. The molecule has 0 aliphatic heterocycles. The van der Waals surface area contributed by atoms with E-state index in [9.17, 15) is 14.9 Å². The second-order valence-electron chi connectivity index (χ2n) is 6.02. The number of benzene rings is 1. The summed E-state index contributed by atoms with van der Waals surface area (Å²) in [5.74, 6) is -1.03. The number of thiophene rings is 1. The van der Waals surface area contributed by atoms with Gasteiger partial charge in [0.1, 0.15) is 11.1 Å². The summed E-state index contributed by atoms with van der Waals surface area (Å²) in [6.07, 6.45) is 5.84. The van der Waals surface area contributed by atoms with Crippen molar-refractivity contribution in [3.8, 4) is 6.07 Å². The standard InChI is InChI=1S/C20H18N2O3S/c1-13-5-2-3-6-14(13)9-10-19(24)25-12-18(23)22-20-16(11-21)15-7-4-8-17(15)26-20/h2-3,5-6,9-10H,4,7-8,12H2,1H3,(H,22,23)/b10-9+. The minimum atomic E-state index is -0.586. The van der Waals surface area contributed by atoms with Gasteiger partial charge in [-0.15, -0.1) is 11.3 Å². The van der Waals surface area contributed by atoms with Crippen molar-refractivity contribution >= 4 is 34.3 Å². The average molecular weight is 366 g/mol. The lowest BCUT2D eigenvalue weighted by molar-refractivity contribution is -0.142. The van der Waals surface area contributed by atoms with Crippen molar-refractivity contribution in [3.63, 3.8) is 0 Å². The highest BCUT2D eigenvalue weighted by atomic mass is 32.1. The van der Waals surface area contributed by atoms with E-state index in [-0.39, 0.29) is 6.61 Å². The molecule has 0 spiro atoms. The molecule has 0 fully saturated rings. The van der Waals surface area contributed by atoms with Crippen molar-refractivity contribution in [1.29, 1.82) is 5.26 Å². The number of amides is 1. The molecule has 26 heavy (non-hydrogen) atoms. The van der Waals surface area contributed by atoms with Crippen LogP contribution in [0.25, 0.3) is 6.08 Å². The smallest absolute Gasteiger partial charge is 0.331 e. The van der Waals surface area contributed by atoms with Crippen LogP contribution in [-0.4, -0.2) is 18.5 Å². The molecule has 1 heterocycles. The molecule has 0 bridgehead atoms. The lowest BCUT2D eigenvalue weighted by atomic mass is 10.1. The quantitative estimate of drug-likeness (QED) is 0.647. The molecule has 1 aliphatic carbocycles. The van der Waals surface area contributed by atoms with Crippen LogP contribution in [-0.2, 0) is 27.2 Å². The number of hydrogen-bond donors (Lipinski definition) is 1. The maximum absolute atomic E-state index is 12.0. The van der Waals surface area contributed by atoms with Crippen LogP contribution < -0.4 is 5.32 Å². The van der Waals surface area contributed by atoms with Gasteiger partial charge in [-0.05, 0) is 49.0 Å². The topological polar surface area (TPSA) is 79.2 Å². The summed E-state index contributed by atoms with van der Waals surface area (Å²) >= 11 is 1.44. The van der Waals surface area contributed by atoms with E-state index in [0.717, 1.165) is 40.8 Å². The monoisotopic (exact) mass is 366 g/mol. The number of nitrogens with zero attached hydrogens (tertiary/aromatic N) is 1. The van der Waals surface area contributed by atoms with E-state index < -0.39 is 11.9 Å². The molecule has 3 rings (SSSR count). The number of hydrogen-bond acceptors (Lipinski definition) is 5. The minimum Gasteiger partial charge on any atom is -0.452 e. The number of anilines is 1. The third-order valence-electron chi connectivity index (χ3n) is 4.22. The molecule has 1 aromatic heterocycles. The first-order valence-electron chi connectivity index (χ1n) is 8.33. The Kier molecular flexibility index (Phi) is 5.49.